The van der Waals surface area contributed by atoms with Gasteiger partial charge in [0.1, 0.15) is 13.2 Å². The number of piperazine rings is 2. The fourth-order valence-electron chi connectivity index (χ4n) is 8.62. The molecule has 2 amide bonds. The first-order chi connectivity index (χ1) is 22.7. The zero-order valence-electron chi connectivity index (χ0n) is 26.6. The molecule has 10 N–H and O–H groups in total. The van der Waals surface area contributed by atoms with Gasteiger partial charge in [0.2, 0.25) is 23.1 Å². The summed E-state index contributed by atoms with van der Waals surface area (Å²) < 4.78 is 21.6. The van der Waals surface area contributed by atoms with Crippen molar-refractivity contribution in [2.45, 2.75) is 49.5 Å². The minimum absolute atomic E-state index is 0.0586. The van der Waals surface area contributed by atoms with Gasteiger partial charge in [-0.05, 0) is 13.8 Å². The van der Waals surface area contributed by atoms with Crippen molar-refractivity contribution in [3.8, 4) is 0 Å². The molecule has 0 aromatic heterocycles. The lowest BCUT2D eigenvalue weighted by Crippen LogP contribution is -2.55. The first-order valence-corrected chi connectivity index (χ1v) is 15.3. The number of allylic oxidation sites excluding steroid dienone is 4. The van der Waals surface area contributed by atoms with E-state index >= 15 is 0 Å². The van der Waals surface area contributed by atoms with Crippen molar-refractivity contribution in [2.24, 2.45) is 34.8 Å². The summed E-state index contributed by atoms with van der Waals surface area (Å²) in [6.45, 7) is 3.84. The summed E-state index contributed by atoms with van der Waals surface area (Å²) in [5.41, 5.74) is 21.3. The van der Waals surface area contributed by atoms with E-state index in [0.29, 0.717) is 24.5 Å². The first-order valence-electron chi connectivity index (χ1n) is 15.3. The van der Waals surface area contributed by atoms with Crippen LogP contribution in [-0.4, -0.2) is 121 Å². The third-order valence-electron chi connectivity index (χ3n) is 10.9. The second-order valence-corrected chi connectivity index (χ2v) is 12.9. The first kappa shape index (κ1) is 31.8. The molecule has 0 unspecified atom stereocenters. The second-order valence-electron chi connectivity index (χ2n) is 12.9. The van der Waals surface area contributed by atoms with E-state index in [2.05, 4.69) is 10.6 Å². The Morgan fingerprint density at radius 2 is 1.06 bits per heavy atom. The number of nitrogens with zero attached hydrogens (tertiary/aromatic N) is 2. The summed E-state index contributed by atoms with van der Waals surface area (Å²) in [5, 5.41) is 6.56. The highest BCUT2D eigenvalue weighted by atomic mass is 16.6. The summed E-state index contributed by atoms with van der Waals surface area (Å²) in [4.78, 5) is 76.9. The van der Waals surface area contributed by atoms with Gasteiger partial charge in [-0.25, -0.2) is 9.59 Å². The van der Waals surface area contributed by atoms with Crippen LogP contribution in [0.3, 0.4) is 0 Å². The Kier molecular flexibility index (Phi) is 6.86. The Morgan fingerprint density at radius 1 is 0.708 bits per heavy atom. The zero-order valence-corrected chi connectivity index (χ0v) is 26.6. The molecule has 2 aliphatic carbocycles. The number of carbonyl (C=O) groups excluding carboxylic acids is 6. The summed E-state index contributed by atoms with van der Waals surface area (Å²) in [6.07, 6.45) is -1.90. The number of ether oxygens (including phenoxy) is 4. The van der Waals surface area contributed by atoms with Gasteiger partial charge in [-0.2, -0.15) is 0 Å². The Labute approximate surface area is 273 Å². The predicted molar refractivity (Wildman–Crippen MR) is 160 cm³/mol. The van der Waals surface area contributed by atoms with Crippen molar-refractivity contribution in [1.29, 1.82) is 0 Å². The van der Waals surface area contributed by atoms with E-state index in [1.54, 1.807) is 0 Å². The van der Waals surface area contributed by atoms with E-state index in [0.717, 1.165) is 0 Å². The average molecular weight is 669 g/mol. The van der Waals surface area contributed by atoms with Crippen LogP contribution in [0.15, 0.2) is 45.1 Å². The van der Waals surface area contributed by atoms with Crippen LogP contribution >= 0.6 is 0 Å². The predicted octanol–water partition coefficient (Wildman–Crippen LogP) is -3.30. The number of rotatable bonds is 6. The van der Waals surface area contributed by atoms with E-state index in [4.69, 9.17) is 41.9 Å². The Morgan fingerprint density at radius 3 is 1.38 bits per heavy atom. The molecule has 4 fully saturated rings. The van der Waals surface area contributed by atoms with E-state index in [9.17, 15) is 28.8 Å². The number of nitrogens with one attached hydrogen (secondary N) is 2. The fourth-order valence-corrected chi connectivity index (χ4v) is 8.62. The maximum absolute atomic E-state index is 12.8. The number of amides is 2. The van der Waals surface area contributed by atoms with Crippen LogP contribution in [0.1, 0.15) is 13.8 Å². The Balaban J connectivity index is 0.000000152. The van der Waals surface area contributed by atoms with Crippen molar-refractivity contribution in [3.63, 3.8) is 0 Å². The topological polar surface area (TPSA) is 294 Å². The van der Waals surface area contributed by atoms with Gasteiger partial charge >= 0.3 is 12.2 Å². The molecule has 6 aliphatic heterocycles. The van der Waals surface area contributed by atoms with Crippen molar-refractivity contribution in [1.82, 2.24) is 20.4 Å². The van der Waals surface area contributed by atoms with Gasteiger partial charge in [-0.3, -0.25) is 19.2 Å². The average Bonchev–Trinajstić information content (AvgIpc) is 3.89. The molecule has 0 spiro atoms. The third kappa shape index (κ3) is 3.87. The van der Waals surface area contributed by atoms with E-state index < -0.39 is 47.0 Å². The van der Waals surface area contributed by atoms with Crippen molar-refractivity contribution >= 4 is 35.3 Å². The van der Waals surface area contributed by atoms with Crippen LogP contribution < -0.4 is 33.6 Å². The van der Waals surface area contributed by atoms with Crippen molar-refractivity contribution in [3.05, 3.63) is 45.1 Å². The van der Waals surface area contributed by atoms with E-state index in [1.807, 2.05) is 9.80 Å². The highest BCUT2D eigenvalue weighted by Gasteiger charge is 2.74. The van der Waals surface area contributed by atoms with Gasteiger partial charge in [0.25, 0.3) is 0 Å². The molecule has 0 radical (unpaired) electrons. The highest BCUT2D eigenvalue weighted by molar-refractivity contribution is 6.26. The van der Waals surface area contributed by atoms with Crippen LogP contribution in [0.2, 0.25) is 0 Å². The number of primary amides is 2. The van der Waals surface area contributed by atoms with Crippen LogP contribution in [-0.2, 0) is 38.1 Å². The van der Waals surface area contributed by atoms with Crippen LogP contribution in [0, 0.1) is 11.8 Å². The molecule has 48 heavy (non-hydrogen) atoms. The zero-order chi connectivity index (χ0) is 34.8. The van der Waals surface area contributed by atoms with Crippen molar-refractivity contribution in [2.75, 3.05) is 40.5 Å². The minimum Gasteiger partial charge on any atom is -0.449 e. The number of Topliss-reactive ketones (excluding diaryl/α,β-unsaturated/α-hetero) is 4. The highest BCUT2D eigenvalue weighted by Crippen LogP contribution is 2.57. The smallest absolute Gasteiger partial charge is 0.404 e. The molecule has 256 valence electrons. The molecule has 8 aliphatic rings. The number of nitrogens with two attached hydrogens (primary N) is 4. The molecule has 8 atom stereocenters. The molecular weight excluding hydrogens is 632 g/mol. The Bertz CT molecular complexity index is 1640. The molecule has 18 nitrogen and oxygen atoms in total. The second kappa shape index (κ2) is 10.4. The third-order valence-corrected chi connectivity index (χ3v) is 10.9. The molecule has 4 saturated heterocycles. The SMILES string of the molecule is CO[C@@]12[C@H](COC(N)=O)C3=C(C(=O)C(C)=C(N)C3=O)N1C[C@@H]1N[C@@H]12.CO[C@@]12[C@H](COC(N)=O)C3=C(C(=O)C(C)=C(N)C3=O)N1C[C@@H]1N[C@@H]12. The van der Waals surface area contributed by atoms with Crippen LogP contribution in [0.5, 0.6) is 0 Å². The van der Waals surface area contributed by atoms with Gasteiger partial charge in [-0.15, -0.1) is 0 Å². The standard InChI is InChI=1S/2C15H18N4O5/c2*1-5-9(16)12(21)8-6(4-24-14(17)22)15(23-2)13-7(18-13)3-19(15)10(8)11(5)20/h2*6-7,13,18H,3-4,16H2,1-2H3,(H2,17,22)/t2*6-,7+,13+,15-/m11/s1. The van der Waals surface area contributed by atoms with Gasteiger partial charge in [0, 0.05) is 61.7 Å². The molecule has 0 aromatic carbocycles. The van der Waals surface area contributed by atoms with Crippen molar-refractivity contribution < 1.29 is 47.7 Å². The summed E-state index contributed by atoms with van der Waals surface area (Å²) in [5.74, 6) is -2.68. The molecule has 0 saturated carbocycles. The van der Waals surface area contributed by atoms with E-state index in [-0.39, 0.29) is 82.6 Å². The Hall–Kier alpha value is -4.78. The van der Waals surface area contributed by atoms with Gasteiger partial charge in [0.15, 0.2) is 11.4 Å². The van der Waals surface area contributed by atoms with Crippen LogP contribution in [0.25, 0.3) is 0 Å². The molecule has 18 heteroatoms. The monoisotopic (exact) mass is 668 g/mol. The molecule has 6 heterocycles. The fraction of sp³-hybridized carbons (Fsp3) is 0.533. The lowest BCUT2D eigenvalue weighted by Gasteiger charge is -2.39. The number of fused-ring (bicyclic) bond motifs is 8. The number of ketones is 4. The van der Waals surface area contributed by atoms with Gasteiger partial charge in [-0.1, -0.05) is 0 Å². The number of hydrogen-bond acceptors (Lipinski definition) is 16. The number of hydrogen-bond donors (Lipinski definition) is 6. The maximum atomic E-state index is 12.8. The van der Waals surface area contributed by atoms with E-state index in [1.165, 1.54) is 28.1 Å². The molecule has 8 rings (SSSR count). The summed E-state index contributed by atoms with van der Waals surface area (Å²) in [6, 6.07) is 0.219. The summed E-state index contributed by atoms with van der Waals surface area (Å²) in [7, 11) is 3.04. The molecule has 0 aromatic rings. The normalized spacial score (nSPS) is 36.8. The quantitative estimate of drug-likeness (QED) is 0.119. The number of carbonyl (C=O) groups is 6. The molecular formula is C30H36N8O10. The lowest BCUT2D eigenvalue weighted by atomic mass is 9.82. The minimum atomic E-state index is -0.957. The lowest BCUT2D eigenvalue weighted by molar-refractivity contribution is -0.137. The van der Waals surface area contributed by atoms with Gasteiger partial charge in [0.05, 0.1) is 46.7 Å². The summed E-state index contributed by atoms with van der Waals surface area (Å²) >= 11 is 0. The number of methoxy groups -OCH3 is 2. The largest absolute Gasteiger partial charge is 0.449 e. The van der Waals surface area contributed by atoms with Crippen LogP contribution in [0.4, 0.5) is 9.59 Å². The van der Waals surface area contributed by atoms with Gasteiger partial charge < -0.3 is 62.3 Å². The molecule has 0 bridgehead atoms. The maximum Gasteiger partial charge on any atom is 0.404 e.